The number of nitrogens with zero attached hydrogens (tertiary/aromatic N) is 4. The zero-order valence-corrected chi connectivity index (χ0v) is 14.4. The summed E-state index contributed by atoms with van der Waals surface area (Å²) in [6, 6.07) is 5.65. The van der Waals surface area contributed by atoms with Crippen molar-refractivity contribution in [2.45, 2.75) is 18.9 Å². The van der Waals surface area contributed by atoms with E-state index >= 15 is 0 Å². The fourth-order valence-corrected chi connectivity index (χ4v) is 3.64. The van der Waals surface area contributed by atoms with Crippen LogP contribution in [0.3, 0.4) is 0 Å². The summed E-state index contributed by atoms with van der Waals surface area (Å²) in [7, 11) is 0. The van der Waals surface area contributed by atoms with E-state index in [9.17, 15) is 4.79 Å². The molecule has 1 fully saturated rings. The van der Waals surface area contributed by atoms with Crippen LogP contribution in [0.1, 0.15) is 23.3 Å². The molecule has 0 radical (unpaired) electrons. The Hall–Kier alpha value is -2.74. The lowest BCUT2D eigenvalue weighted by atomic mass is 10.1. The molecule has 0 aromatic carbocycles. The van der Waals surface area contributed by atoms with E-state index in [0.717, 1.165) is 30.6 Å². The molecule has 25 heavy (non-hydrogen) atoms. The highest BCUT2D eigenvalue weighted by molar-refractivity contribution is 7.08. The van der Waals surface area contributed by atoms with Gasteiger partial charge >= 0.3 is 0 Å². The molecule has 7 nitrogen and oxygen atoms in total. The Kier molecular flexibility index (Phi) is 4.43. The molecule has 0 spiro atoms. The van der Waals surface area contributed by atoms with Crippen LogP contribution in [0.15, 0.2) is 41.4 Å². The van der Waals surface area contributed by atoms with E-state index in [4.69, 9.17) is 0 Å². The highest BCUT2D eigenvalue weighted by Gasteiger charge is 2.24. The van der Waals surface area contributed by atoms with Crippen molar-refractivity contribution in [3.8, 4) is 11.3 Å². The van der Waals surface area contributed by atoms with Crippen LogP contribution >= 0.6 is 11.3 Å². The summed E-state index contributed by atoms with van der Waals surface area (Å²) in [5.41, 5.74) is 2.29. The number of rotatable bonds is 4. The number of thiophene rings is 1. The predicted molar refractivity (Wildman–Crippen MR) is 96.6 cm³/mol. The largest absolute Gasteiger partial charge is 0.346 e. The number of hydrogen-bond acceptors (Lipinski definition) is 6. The minimum atomic E-state index is -0.130. The van der Waals surface area contributed by atoms with Gasteiger partial charge in [-0.3, -0.25) is 9.89 Å². The monoisotopic (exact) mass is 354 g/mol. The second-order valence-electron chi connectivity index (χ2n) is 5.99. The van der Waals surface area contributed by atoms with Gasteiger partial charge in [0.25, 0.3) is 5.91 Å². The van der Waals surface area contributed by atoms with E-state index in [-0.39, 0.29) is 11.9 Å². The summed E-state index contributed by atoms with van der Waals surface area (Å²) < 4.78 is 0. The van der Waals surface area contributed by atoms with Crippen LogP contribution in [0.4, 0.5) is 5.95 Å². The van der Waals surface area contributed by atoms with Crippen molar-refractivity contribution in [2.24, 2.45) is 0 Å². The van der Waals surface area contributed by atoms with Gasteiger partial charge in [-0.2, -0.15) is 16.4 Å². The molecule has 1 amide bonds. The Balaban J connectivity index is 1.40. The normalized spacial score (nSPS) is 17.4. The Morgan fingerprint density at radius 3 is 3.04 bits per heavy atom. The third-order valence-electron chi connectivity index (χ3n) is 4.23. The number of anilines is 1. The van der Waals surface area contributed by atoms with Crippen molar-refractivity contribution < 1.29 is 4.79 Å². The maximum atomic E-state index is 12.5. The summed E-state index contributed by atoms with van der Waals surface area (Å²) in [4.78, 5) is 23.2. The highest BCUT2D eigenvalue weighted by atomic mass is 32.1. The summed E-state index contributed by atoms with van der Waals surface area (Å²) >= 11 is 1.61. The molecule has 1 aliphatic heterocycles. The maximum Gasteiger partial charge on any atom is 0.269 e. The lowest BCUT2D eigenvalue weighted by Crippen LogP contribution is -2.48. The van der Waals surface area contributed by atoms with E-state index < -0.39 is 0 Å². The van der Waals surface area contributed by atoms with E-state index in [1.54, 1.807) is 35.9 Å². The maximum absolute atomic E-state index is 12.5. The summed E-state index contributed by atoms with van der Waals surface area (Å²) in [5.74, 6) is 0.581. The van der Waals surface area contributed by atoms with Gasteiger partial charge in [0.05, 0.1) is 5.69 Å². The van der Waals surface area contributed by atoms with Crippen molar-refractivity contribution in [2.75, 3.05) is 18.0 Å². The van der Waals surface area contributed by atoms with Crippen LogP contribution in [0.5, 0.6) is 0 Å². The third kappa shape index (κ3) is 3.53. The Bertz CT molecular complexity index is 832. The number of H-pyrrole nitrogens is 1. The predicted octanol–water partition coefficient (Wildman–Crippen LogP) is 2.33. The molecule has 128 valence electrons. The fourth-order valence-electron chi connectivity index (χ4n) is 2.99. The van der Waals surface area contributed by atoms with Gasteiger partial charge in [-0.1, -0.05) is 0 Å². The molecule has 2 N–H and O–H groups in total. The first-order valence-corrected chi connectivity index (χ1v) is 9.15. The molecule has 0 aliphatic carbocycles. The van der Waals surface area contributed by atoms with Gasteiger partial charge in [0.2, 0.25) is 5.95 Å². The lowest BCUT2D eigenvalue weighted by Gasteiger charge is -2.32. The highest BCUT2D eigenvalue weighted by Crippen LogP contribution is 2.21. The molecule has 3 aromatic heterocycles. The minimum absolute atomic E-state index is 0.0675. The molecule has 1 atom stereocenters. The standard InChI is InChI=1S/C17H18N6OS/c24-16(15-9-14(21-22-15)12-4-8-25-11-12)20-13-3-1-7-23(10-13)17-18-5-2-6-19-17/h2,4-6,8-9,11,13H,1,3,7,10H2,(H,20,24)(H,21,22)/t13-/m1/s1. The number of aromatic nitrogens is 4. The minimum Gasteiger partial charge on any atom is -0.346 e. The van der Waals surface area contributed by atoms with E-state index in [0.29, 0.717) is 18.2 Å². The van der Waals surface area contributed by atoms with Crippen LogP contribution in [-0.2, 0) is 0 Å². The number of amides is 1. The molecule has 3 aromatic rings. The van der Waals surface area contributed by atoms with E-state index in [2.05, 4.69) is 30.4 Å². The number of carbonyl (C=O) groups is 1. The average Bonchev–Trinajstić information content (AvgIpc) is 3.34. The molecule has 1 aliphatic rings. The first-order valence-electron chi connectivity index (χ1n) is 8.20. The molecule has 0 unspecified atom stereocenters. The van der Waals surface area contributed by atoms with Gasteiger partial charge < -0.3 is 10.2 Å². The lowest BCUT2D eigenvalue weighted by molar-refractivity contribution is 0.0928. The quantitative estimate of drug-likeness (QED) is 0.751. The molecule has 0 bridgehead atoms. The van der Waals surface area contributed by atoms with Crippen molar-refractivity contribution >= 4 is 23.2 Å². The molecule has 1 saturated heterocycles. The van der Waals surface area contributed by atoms with Crippen molar-refractivity contribution in [1.82, 2.24) is 25.5 Å². The second kappa shape index (κ2) is 7.02. The molecule has 4 heterocycles. The Morgan fingerprint density at radius 1 is 1.36 bits per heavy atom. The fraction of sp³-hybridized carbons (Fsp3) is 0.294. The Morgan fingerprint density at radius 2 is 2.24 bits per heavy atom. The van der Waals surface area contributed by atoms with Gasteiger partial charge in [-0.15, -0.1) is 0 Å². The molecule has 4 rings (SSSR count). The Labute approximate surface area is 149 Å². The zero-order valence-electron chi connectivity index (χ0n) is 13.6. The first-order chi connectivity index (χ1) is 12.3. The van der Waals surface area contributed by atoms with Crippen molar-refractivity contribution in [3.05, 3.63) is 47.0 Å². The molecule has 8 heteroatoms. The molecular weight excluding hydrogens is 336 g/mol. The van der Waals surface area contributed by atoms with E-state index in [1.165, 1.54) is 0 Å². The SMILES string of the molecule is O=C(N[C@@H]1CCCN(c2ncccn2)C1)c1cc(-c2ccsc2)n[nH]1. The van der Waals surface area contributed by atoms with Crippen molar-refractivity contribution in [3.63, 3.8) is 0 Å². The zero-order chi connectivity index (χ0) is 17.1. The number of aromatic amines is 1. The van der Waals surface area contributed by atoms with Gasteiger partial charge in [0.15, 0.2) is 0 Å². The number of nitrogens with one attached hydrogen (secondary N) is 2. The third-order valence-corrected chi connectivity index (χ3v) is 4.91. The van der Waals surface area contributed by atoms with Crippen LogP contribution in [0.2, 0.25) is 0 Å². The summed E-state index contributed by atoms with van der Waals surface area (Å²) in [5, 5.41) is 14.1. The van der Waals surface area contributed by atoms with Crippen molar-refractivity contribution in [1.29, 1.82) is 0 Å². The average molecular weight is 354 g/mol. The topological polar surface area (TPSA) is 86.8 Å². The summed E-state index contributed by atoms with van der Waals surface area (Å²) in [6.07, 6.45) is 5.41. The summed E-state index contributed by atoms with van der Waals surface area (Å²) in [6.45, 7) is 1.62. The first kappa shape index (κ1) is 15.8. The van der Waals surface area contributed by atoms with Gasteiger partial charge in [0.1, 0.15) is 5.69 Å². The number of hydrogen-bond donors (Lipinski definition) is 2. The molecule has 0 saturated carbocycles. The van der Waals surface area contributed by atoms with Crippen LogP contribution in [0.25, 0.3) is 11.3 Å². The van der Waals surface area contributed by atoms with Gasteiger partial charge in [-0.25, -0.2) is 9.97 Å². The van der Waals surface area contributed by atoms with Gasteiger partial charge in [0, 0.05) is 42.5 Å². The molecular formula is C17H18N6OS. The number of piperidine rings is 1. The second-order valence-corrected chi connectivity index (χ2v) is 6.77. The number of carbonyl (C=O) groups excluding carboxylic acids is 1. The van der Waals surface area contributed by atoms with Crippen LogP contribution in [0, 0.1) is 0 Å². The van der Waals surface area contributed by atoms with Gasteiger partial charge in [-0.05, 0) is 36.4 Å². The van der Waals surface area contributed by atoms with Crippen LogP contribution < -0.4 is 10.2 Å². The smallest absolute Gasteiger partial charge is 0.269 e. The van der Waals surface area contributed by atoms with E-state index in [1.807, 2.05) is 16.8 Å². The van der Waals surface area contributed by atoms with Crippen LogP contribution in [-0.4, -0.2) is 45.2 Å².